The van der Waals surface area contributed by atoms with Crippen molar-refractivity contribution < 1.29 is 22.7 Å². The lowest BCUT2D eigenvalue weighted by atomic mass is 9.97. The second-order valence-corrected chi connectivity index (χ2v) is 5.11. The first-order valence-corrected chi connectivity index (χ1v) is 6.72. The van der Waals surface area contributed by atoms with E-state index in [1.54, 1.807) is 0 Å². The average Bonchev–Trinajstić information content (AvgIpc) is 2.41. The van der Waals surface area contributed by atoms with E-state index in [-0.39, 0.29) is 17.7 Å². The Bertz CT molecular complexity index is 488. The third-order valence-corrected chi connectivity index (χ3v) is 3.47. The lowest BCUT2D eigenvalue weighted by Gasteiger charge is -2.29. The van der Waals surface area contributed by atoms with Crippen LogP contribution >= 0.6 is 0 Å². The molecule has 7 heteroatoms. The van der Waals surface area contributed by atoms with Gasteiger partial charge < -0.3 is 10.1 Å². The molecule has 2 N–H and O–H groups in total. The van der Waals surface area contributed by atoms with E-state index in [1.165, 1.54) is 12.1 Å². The first-order chi connectivity index (χ1) is 9.86. The Morgan fingerprint density at radius 3 is 2.57 bits per heavy atom. The average molecular weight is 302 g/mol. The van der Waals surface area contributed by atoms with Crippen molar-refractivity contribution in [2.45, 2.75) is 25.6 Å². The highest BCUT2D eigenvalue weighted by atomic mass is 19.4. The Balaban J connectivity index is 1.90. The fraction of sp³-hybridized carbons (Fsp3) is 0.500. The normalized spacial score (nSPS) is 22.7. The Morgan fingerprint density at radius 1 is 1.33 bits per heavy atom. The number of ether oxygens (including phenoxy) is 1. The predicted molar refractivity (Wildman–Crippen MR) is 72.0 cm³/mol. The fourth-order valence-corrected chi connectivity index (χ4v) is 2.15. The molecule has 4 nitrogen and oxygen atoms in total. The van der Waals surface area contributed by atoms with Gasteiger partial charge in [0, 0.05) is 12.2 Å². The highest BCUT2D eigenvalue weighted by molar-refractivity contribution is 5.84. The van der Waals surface area contributed by atoms with Gasteiger partial charge in [-0.1, -0.05) is 6.92 Å². The zero-order chi connectivity index (χ0) is 15.5. The second kappa shape index (κ2) is 6.34. The lowest BCUT2D eigenvalue weighted by Crippen LogP contribution is -2.42. The summed E-state index contributed by atoms with van der Waals surface area (Å²) < 4.78 is 42.5. The van der Waals surface area contributed by atoms with E-state index in [2.05, 4.69) is 10.6 Å². The van der Waals surface area contributed by atoms with Crippen molar-refractivity contribution in [2.24, 2.45) is 5.92 Å². The van der Waals surface area contributed by atoms with Crippen molar-refractivity contribution in [2.75, 3.05) is 18.4 Å². The van der Waals surface area contributed by atoms with Crippen molar-refractivity contribution in [1.82, 2.24) is 5.32 Å². The van der Waals surface area contributed by atoms with Crippen LogP contribution in [0.1, 0.15) is 18.9 Å². The summed E-state index contributed by atoms with van der Waals surface area (Å²) in [6, 6.07) is 4.24. The third kappa shape index (κ3) is 4.35. The minimum absolute atomic E-state index is 0.229. The summed E-state index contributed by atoms with van der Waals surface area (Å²) in [4.78, 5) is 11.7. The van der Waals surface area contributed by atoms with E-state index in [0.717, 1.165) is 25.1 Å². The molecule has 1 amide bonds. The highest BCUT2D eigenvalue weighted by Crippen LogP contribution is 2.29. The van der Waals surface area contributed by atoms with Crippen molar-refractivity contribution in [3.63, 3.8) is 0 Å². The van der Waals surface area contributed by atoms with E-state index in [4.69, 9.17) is 4.74 Å². The summed E-state index contributed by atoms with van der Waals surface area (Å²) in [6.07, 6.45) is -4.36. The smallest absolute Gasteiger partial charge is 0.416 e. The van der Waals surface area contributed by atoms with Gasteiger partial charge in [-0.05, 0) is 43.1 Å². The fourth-order valence-electron chi connectivity index (χ4n) is 2.15. The molecule has 0 aliphatic carbocycles. The number of alkyl halides is 3. The van der Waals surface area contributed by atoms with Gasteiger partial charge in [-0.15, -0.1) is 0 Å². The molecule has 1 heterocycles. The number of nitrogens with one attached hydrogen (secondary N) is 2. The van der Waals surface area contributed by atoms with E-state index < -0.39 is 17.8 Å². The Morgan fingerprint density at radius 2 is 2.00 bits per heavy atom. The molecular weight excluding hydrogens is 285 g/mol. The molecule has 0 spiro atoms. The lowest BCUT2D eigenvalue weighted by molar-refractivity contribution is -0.137. The van der Waals surface area contributed by atoms with Gasteiger partial charge in [0.15, 0.2) is 0 Å². The maximum atomic E-state index is 12.4. The van der Waals surface area contributed by atoms with Crippen LogP contribution in [0.4, 0.5) is 23.7 Å². The number of anilines is 1. The molecule has 1 saturated heterocycles. The molecule has 1 aromatic rings. The highest BCUT2D eigenvalue weighted by Gasteiger charge is 2.30. The van der Waals surface area contributed by atoms with Gasteiger partial charge in [0.05, 0.1) is 5.56 Å². The van der Waals surface area contributed by atoms with Crippen molar-refractivity contribution >= 4 is 11.8 Å². The molecule has 0 radical (unpaired) electrons. The molecule has 1 aliphatic heterocycles. The number of hydrogen-bond donors (Lipinski definition) is 2. The topological polar surface area (TPSA) is 50.4 Å². The van der Waals surface area contributed by atoms with Crippen LogP contribution in [0, 0.1) is 5.92 Å². The van der Waals surface area contributed by atoms with Crippen LogP contribution in [-0.4, -0.2) is 25.3 Å². The number of piperidine rings is 1. The number of benzene rings is 1. The second-order valence-electron chi connectivity index (χ2n) is 5.11. The molecule has 1 aromatic carbocycles. The Hall–Kier alpha value is -1.76. The molecule has 2 unspecified atom stereocenters. The Kier molecular flexibility index (Phi) is 4.72. The van der Waals surface area contributed by atoms with Gasteiger partial charge in [-0.25, -0.2) is 4.79 Å². The summed E-state index contributed by atoms with van der Waals surface area (Å²) in [5.41, 5.74) is -0.490. The zero-order valence-electron chi connectivity index (χ0n) is 11.5. The summed E-state index contributed by atoms with van der Waals surface area (Å²) in [5.74, 6) is 0.254. The van der Waals surface area contributed by atoms with Crippen LogP contribution in [0.5, 0.6) is 0 Å². The minimum atomic E-state index is -4.39. The summed E-state index contributed by atoms with van der Waals surface area (Å²) in [6.45, 7) is 3.47. The monoisotopic (exact) mass is 302 g/mol. The molecule has 2 atom stereocenters. The van der Waals surface area contributed by atoms with E-state index in [1.807, 2.05) is 6.92 Å². The molecule has 1 fully saturated rings. The van der Waals surface area contributed by atoms with Crippen LogP contribution in [0.3, 0.4) is 0 Å². The molecule has 116 valence electrons. The van der Waals surface area contributed by atoms with Gasteiger partial charge >= 0.3 is 12.3 Å². The number of amides is 1. The van der Waals surface area contributed by atoms with Crippen LogP contribution in [-0.2, 0) is 10.9 Å². The zero-order valence-corrected chi connectivity index (χ0v) is 11.5. The molecule has 0 aromatic heterocycles. The number of carbonyl (C=O) groups excluding carboxylic acids is 1. The molecular formula is C14H17F3N2O2. The predicted octanol–water partition coefficient (Wildman–Crippen LogP) is 3.25. The van der Waals surface area contributed by atoms with Crippen LogP contribution in [0.2, 0.25) is 0 Å². The number of hydrogen-bond acceptors (Lipinski definition) is 3. The van der Waals surface area contributed by atoms with Gasteiger partial charge in [0.2, 0.25) is 0 Å². The summed E-state index contributed by atoms with van der Waals surface area (Å²) in [5, 5.41) is 5.56. The van der Waals surface area contributed by atoms with E-state index in [0.29, 0.717) is 6.54 Å². The molecule has 1 aliphatic rings. The number of rotatable bonds is 2. The van der Waals surface area contributed by atoms with Gasteiger partial charge in [0.25, 0.3) is 0 Å². The van der Waals surface area contributed by atoms with Gasteiger partial charge in [-0.3, -0.25) is 5.32 Å². The first-order valence-electron chi connectivity index (χ1n) is 6.72. The standard InChI is InChI=1S/C14H17F3N2O2/c1-9-6-7-18-8-12(9)21-13(20)19-11-4-2-10(3-5-11)14(15,16)17/h2-5,9,12,18H,6-8H2,1H3,(H,19,20). The van der Waals surface area contributed by atoms with Crippen LogP contribution in [0.25, 0.3) is 0 Å². The maximum absolute atomic E-state index is 12.4. The third-order valence-electron chi connectivity index (χ3n) is 3.47. The van der Waals surface area contributed by atoms with E-state index >= 15 is 0 Å². The minimum Gasteiger partial charge on any atom is -0.444 e. The molecule has 21 heavy (non-hydrogen) atoms. The SMILES string of the molecule is CC1CCNCC1OC(=O)Nc1ccc(C(F)(F)F)cc1. The molecule has 0 saturated carbocycles. The van der Waals surface area contributed by atoms with Crippen LogP contribution < -0.4 is 10.6 Å². The molecule has 2 rings (SSSR count). The van der Waals surface area contributed by atoms with Crippen molar-refractivity contribution in [1.29, 1.82) is 0 Å². The largest absolute Gasteiger partial charge is 0.444 e. The summed E-state index contributed by atoms with van der Waals surface area (Å²) in [7, 11) is 0. The molecule has 0 bridgehead atoms. The Labute approximate surface area is 120 Å². The number of halogens is 3. The number of carbonyl (C=O) groups is 1. The first kappa shape index (κ1) is 15.6. The van der Waals surface area contributed by atoms with Crippen molar-refractivity contribution in [3.8, 4) is 0 Å². The maximum Gasteiger partial charge on any atom is 0.416 e. The van der Waals surface area contributed by atoms with Gasteiger partial charge in [-0.2, -0.15) is 13.2 Å². The van der Waals surface area contributed by atoms with Crippen LogP contribution in [0.15, 0.2) is 24.3 Å². The van der Waals surface area contributed by atoms with E-state index in [9.17, 15) is 18.0 Å². The quantitative estimate of drug-likeness (QED) is 0.881. The summed E-state index contributed by atoms with van der Waals surface area (Å²) >= 11 is 0. The van der Waals surface area contributed by atoms with Gasteiger partial charge in [0.1, 0.15) is 6.10 Å². The van der Waals surface area contributed by atoms with Crippen molar-refractivity contribution in [3.05, 3.63) is 29.8 Å².